The zero-order chi connectivity index (χ0) is 13.8. The first-order valence-electron chi connectivity index (χ1n) is 5.61. The van der Waals surface area contributed by atoms with Crippen molar-refractivity contribution < 1.29 is 13.9 Å². The number of hydrogen-bond acceptors (Lipinski definition) is 5. The molecule has 2 N–H and O–H groups in total. The van der Waals surface area contributed by atoms with E-state index in [1.165, 1.54) is 20.3 Å². The Hall–Kier alpha value is -2.21. The van der Waals surface area contributed by atoms with Gasteiger partial charge >= 0.3 is 0 Å². The SMILES string of the molecule is COCc1nc(N)cc(-c2cccc(OC)c2F)n1. The van der Waals surface area contributed by atoms with Crippen molar-refractivity contribution in [2.75, 3.05) is 20.0 Å². The molecule has 1 heterocycles. The van der Waals surface area contributed by atoms with Gasteiger partial charge in [0.1, 0.15) is 12.4 Å². The lowest BCUT2D eigenvalue weighted by molar-refractivity contribution is 0.178. The van der Waals surface area contributed by atoms with Crippen LogP contribution in [0.2, 0.25) is 0 Å². The van der Waals surface area contributed by atoms with E-state index in [0.717, 1.165) is 0 Å². The lowest BCUT2D eigenvalue weighted by Crippen LogP contribution is -2.03. The summed E-state index contributed by atoms with van der Waals surface area (Å²) in [5, 5.41) is 0. The van der Waals surface area contributed by atoms with Gasteiger partial charge in [0.25, 0.3) is 0 Å². The molecule has 5 nitrogen and oxygen atoms in total. The molecule has 1 aromatic heterocycles. The van der Waals surface area contributed by atoms with Crippen LogP contribution in [-0.2, 0) is 11.3 Å². The highest BCUT2D eigenvalue weighted by Crippen LogP contribution is 2.28. The number of nitrogens with two attached hydrogens (primary N) is 1. The van der Waals surface area contributed by atoms with Gasteiger partial charge in [0.2, 0.25) is 0 Å². The summed E-state index contributed by atoms with van der Waals surface area (Å²) in [4.78, 5) is 8.23. The van der Waals surface area contributed by atoms with Crippen LogP contribution in [0.15, 0.2) is 24.3 Å². The molecule has 0 aliphatic heterocycles. The number of nitrogen functional groups attached to an aromatic ring is 1. The molecule has 0 aliphatic rings. The van der Waals surface area contributed by atoms with Crippen LogP contribution in [0, 0.1) is 5.82 Å². The highest BCUT2D eigenvalue weighted by atomic mass is 19.1. The first kappa shape index (κ1) is 13.2. The lowest BCUT2D eigenvalue weighted by atomic mass is 10.1. The number of nitrogens with zero attached hydrogens (tertiary/aromatic N) is 2. The normalized spacial score (nSPS) is 10.5. The highest BCUT2D eigenvalue weighted by Gasteiger charge is 2.13. The van der Waals surface area contributed by atoms with E-state index in [9.17, 15) is 4.39 Å². The topological polar surface area (TPSA) is 70.3 Å². The van der Waals surface area contributed by atoms with Crippen molar-refractivity contribution in [3.8, 4) is 17.0 Å². The smallest absolute Gasteiger partial charge is 0.174 e. The average Bonchev–Trinajstić information content (AvgIpc) is 2.38. The van der Waals surface area contributed by atoms with Gasteiger partial charge in [0, 0.05) is 18.7 Å². The van der Waals surface area contributed by atoms with Gasteiger partial charge in [-0.3, -0.25) is 0 Å². The van der Waals surface area contributed by atoms with E-state index in [1.807, 2.05) is 0 Å². The number of anilines is 1. The maximum atomic E-state index is 14.2. The van der Waals surface area contributed by atoms with Crippen molar-refractivity contribution >= 4 is 5.82 Å². The number of hydrogen-bond donors (Lipinski definition) is 1. The van der Waals surface area contributed by atoms with Gasteiger partial charge < -0.3 is 15.2 Å². The maximum Gasteiger partial charge on any atom is 0.174 e. The first-order chi connectivity index (χ1) is 9.15. The Morgan fingerprint density at radius 1 is 1.26 bits per heavy atom. The van der Waals surface area contributed by atoms with Crippen LogP contribution in [0.4, 0.5) is 10.2 Å². The minimum absolute atomic E-state index is 0.156. The molecule has 0 radical (unpaired) electrons. The Kier molecular flexibility index (Phi) is 3.91. The van der Waals surface area contributed by atoms with E-state index in [1.54, 1.807) is 18.2 Å². The minimum Gasteiger partial charge on any atom is -0.494 e. The molecule has 2 rings (SSSR count). The van der Waals surface area contributed by atoms with E-state index in [2.05, 4.69) is 9.97 Å². The molecule has 0 saturated carbocycles. The first-order valence-corrected chi connectivity index (χ1v) is 5.61. The third-order valence-corrected chi connectivity index (χ3v) is 2.52. The molecular weight excluding hydrogens is 249 g/mol. The summed E-state index contributed by atoms with van der Waals surface area (Å²) in [6.07, 6.45) is 0. The van der Waals surface area contributed by atoms with E-state index in [0.29, 0.717) is 17.1 Å². The number of rotatable bonds is 4. The molecule has 0 saturated heterocycles. The number of aromatic nitrogens is 2. The Morgan fingerprint density at radius 3 is 2.74 bits per heavy atom. The zero-order valence-corrected chi connectivity index (χ0v) is 10.7. The van der Waals surface area contributed by atoms with Crippen LogP contribution in [-0.4, -0.2) is 24.2 Å². The standard InChI is InChI=1S/C13H14FN3O2/c1-18-7-12-16-9(6-11(15)17-12)8-4-3-5-10(19-2)13(8)14/h3-6H,7H2,1-2H3,(H2,15,16,17). The Bertz CT molecular complexity index is 590. The molecular formula is C13H14FN3O2. The van der Waals surface area contributed by atoms with Crippen molar-refractivity contribution in [3.05, 3.63) is 35.9 Å². The fourth-order valence-electron chi connectivity index (χ4n) is 1.72. The van der Waals surface area contributed by atoms with Gasteiger partial charge in [-0.15, -0.1) is 0 Å². The summed E-state index contributed by atoms with van der Waals surface area (Å²) < 4.78 is 24.0. The van der Waals surface area contributed by atoms with Crippen LogP contribution in [0.1, 0.15) is 5.82 Å². The fourth-order valence-corrected chi connectivity index (χ4v) is 1.72. The molecule has 0 bridgehead atoms. The molecule has 0 fully saturated rings. The quantitative estimate of drug-likeness (QED) is 0.913. The monoisotopic (exact) mass is 263 g/mol. The van der Waals surface area contributed by atoms with Crippen molar-refractivity contribution in [2.24, 2.45) is 0 Å². The number of ether oxygens (including phenoxy) is 2. The Labute approximate surface area is 110 Å². The van der Waals surface area contributed by atoms with Crippen LogP contribution >= 0.6 is 0 Å². The van der Waals surface area contributed by atoms with Crippen LogP contribution in [0.25, 0.3) is 11.3 Å². The highest BCUT2D eigenvalue weighted by molar-refractivity contribution is 5.64. The van der Waals surface area contributed by atoms with Gasteiger partial charge in [0.15, 0.2) is 17.4 Å². The maximum absolute atomic E-state index is 14.2. The predicted molar refractivity (Wildman–Crippen MR) is 69.1 cm³/mol. The second-order valence-corrected chi connectivity index (χ2v) is 3.85. The summed E-state index contributed by atoms with van der Waals surface area (Å²) in [6, 6.07) is 6.35. The van der Waals surface area contributed by atoms with Crippen molar-refractivity contribution in [1.82, 2.24) is 9.97 Å². The molecule has 0 amide bonds. The molecule has 2 aromatic rings. The van der Waals surface area contributed by atoms with Gasteiger partial charge in [-0.1, -0.05) is 6.07 Å². The van der Waals surface area contributed by atoms with Crippen molar-refractivity contribution in [2.45, 2.75) is 6.61 Å². The van der Waals surface area contributed by atoms with E-state index < -0.39 is 5.82 Å². The number of benzene rings is 1. The molecule has 100 valence electrons. The van der Waals surface area contributed by atoms with Crippen molar-refractivity contribution in [3.63, 3.8) is 0 Å². The van der Waals surface area contributed by atoms with E-state index in [4.69, 9.17) is 15.2 Å². The lowest BCUT2D eigenvalue weighted by Gasteiger charge is -2.08. The summed E-state index contributed by atoms with van der Waals surface area (Å²) in [5.74, 6) is 0.341. The molecule has 0 aliphatic carbocycles. The second-order valence-electron chi connectivity index (χ2n) is 3.85. The van der Waals surface area contributed by atoms with Crippen LogP contribution in [0.5, 0.6) is 5.75 Å². The molecule has 6 heteroatoms. The molecule has 1 aromatic carbocycles. The Balaban J connectivity index is 2.52. The summed E-state index contributed by atoms with van der Waals surface area (Å²) in [5.41, 5.74) is 6.40. The van der Waals surface area contributed by atoms with E-state index >= 15 is 0 Å². The third kappa shape index (κ3) is 2.79. The van der Waals surface area contributed by atoms with Crippen LogP contribution < -0.4 is 10.5 Å². The third-order valence-electron chi connectivity index (χ3n) is 2.52. The van der Waals surface area contributed by atoms with Gasteiger partial charge in [-0.25, -0.2) is 14.4 Å². The summed E-state index contributed by atoms with van der Waals surface area (Å²) >= 11 is 0. The number of halogens is 1. The molecule has 0 atom stereocenters. The Morgan fingerprint density at radius 2 is 2.05 bits per heavy atom. The van der Waals surface area contributed by atoms with E-state index in [-0.39, 0.29) is 18.2 Å². The van der Waals surface area contributed by atoms with Crippen LogP contribution in [0.3, 0.4) is 0 Å². The molecule has 0 spiro atoms. The largest absolute Gasteiger partial charge is 0.494 e. The predicted octanol–water partition coefficient (Wildman–Crippen LogP) is 2.02. The number of methoxy groups -OCH3 is 2. The summed E-state index contributed by atoms with van der Waals surface area (Å²) in [6.45, 7) is 0.212. The second kappa shape index (κ2) is 5.62. The van der Waals surface area contributed by atoms with Gasteiger partial charge in [-0.05, 0) is 12.1 Å². The average molecular weight is 263 g/mol. The van der Waals surface area contributed by atoms with Gasteiger partial charge in [-0.2, -0.15) is 0 Å². The minimum atomic E-state index is -0.480. The van der Waals surface area contributed by atoms with Gasteiger partial charge in [0.05, 0.1) is 12.8 Å². The molecule has 0 unspecified atom stereocenters. The zero-order valence-electron chi connectivity index (χ0n) is 10.7. The van der Waals surface area contributed by atoms with Crippen molar-refractivity contribution in [1.29, 1.82) is 0 Å². The summed E-state index contributed by atoms with van der Waals surface area (Å²) in [7, 11) is 2.94. The fraction of sp³-hybridized carbons (Fsp3) is 0.231. The molecule has 19 heavy (non-hydrogen) atoms.